The lowest BCUT2D eigenvalue weighted by molar-refractivity contribution is 0.312. The van der Waals surface area contributed by atoms with Crippen molar-refractivity contribution in [2.75, 3.05) is 0 Å². The SMILES string of the molecule is CC[C@@H]1NC2C(c3cc(C(C)(C)C)cc(C(C)(C)C)c3)=CC=C[C@H]2N1[Si](C)(C)C1C2C=CC=CC2C2C=CC=CC21. The highest BCUT2D eigenvalue weighted by Gasteiger charge is 2.59. The summed E-state index contributed by atoms with van der Waals surface area (Å²) >= 11 is 0. The second kappa shape index (κ2) is 10.2. The Labute approximate surface area is 251 Å². The van der Waals surface area contributed by atoms with E-state index >= 15 is 0 Å². The molecule has 5 unspecified atom stereocenters. The molecule has 1 aliphatic heterocycles. The van der Waals surface area contributed by atoms with Crippen LogP contribution in [0.15, 0.2) is 85.0 Å². The molecule has 5 aliphatic rings. The van der Waals surface area contributed by atoms with Crippen molar-refractivity contribution in [1.29, 1.82) is 0 Å². The van der Waals surface area contributed by atoms with Crippen LogP contribution in [0.2, 0.25) is 18.6 Å². The molecular formula is C38H52N2Si. The summed E-state index contributed by atoms with van der Waals surface area (Å²) < 4.78 is 3.02. The zero-order valence-corrected chi connectivity index (χ0v) is 27.9. The average Bonchev–Trinajstić information content (AvgIpc) is 3.48. The Hall–Kier alpha value is -2.20. The Kier molecular flexibility index (Phi) is 7.20. The van der Waals surface area contributed by atoms with Crippen molar-refractivity contribution >= 4 is 13.8 Å². The molecule has 1 heterocycles. The number of benzene rings is 1. The first-order chi connectivity index (χ1) is 19.3. The maximum Gasteiger partial charge on any atom is 0.129 e. The lowest BCUT2D eigenvalue weighted by atomic mass is 9.77. The van der Waals surface area contributed by atoms with Crippen molar-refractivity contribution in [1.82, 2.24) is 9.88 Å². The van der Waals surface area contributed by atoms with E-state index in [1.54, 1.807) is 0 Å². The van der Waals surface area contributed by atoms with Gasteiger partial charge in [-0.2, -0.15) is 0 Å². The van der Waals surface area contributed by atoms with Gasteiger partial charge in [0.25, 0.3) is 0 Å². The molecule has 2 fully saturated rings. The molecule has 7 atom stereocenters. The van der Waals surface area contributed by atoms with Crippen molar-refractivity contribution in [3.63, 3.8) is 0 Å². The molecular weight excluding hydrogens is 513 g/mol. The average molecular weight is 565 g/mol. The Morgan fingerprint density at radius 2 is 1.22 bits per heavy atom. The summed E-state index contributed by atoms with van der Waals surface area (Å²) in [6.45, 7) is 21.8. The van der Waals surface area contributed by atoms with Gasteiger partial charge in [0.05, 0.1) is 12.2 Å². The number of nitrogens with zero attached hydrogens (tertiary/aromatic N) is 1. The maximum absolute atomic E-state index is 4.21. The van der Waals surface area contributed by atoms with Gasteiger partial charge in [-0.25, -0.2) is 0 Å². The molecule has 0 spiro atoms. The van der Waals surface area contributed by atoms with Gasteiger partial charge < -0.3 is 4.57 Å². The third-order valence-electron chi connectivity index (χ3n) is 10.9. The van der Waals surface area contributed by atoms with Crippen LogP contribution in [0.25, 0.3) is 5.57 Å². The van der Waals surface area contributed by atoms with E-state index in [9.17, 15) is 0 Å². The van der Waals surface area contributed by atoms with Crippen LogP contribution in [-0.2, 0) is 10.8 Å². The van der Waals surface area contributed by atoms with Gasteiger partial charge in [0.2, 0.25) is 0 Å². The predicted molar refractivity (Wildman–Crippen MR) is 179 cm³/mol. The Morgan fingerprint density at radius 3 is 1.71 bits per heavy atom. The molecule has 0 bridgehead atoms. The van der Waals surface area contributed by atoms with E-state index in [1.165, 1.54) is 22.3 Å². The smallest absolute Gasteiger partial charge is 0.129 e. The minimum Gasteiger partial charge on any atom is -0.301 e. The van der Waals surface area contributed by atoms with Gasteiger partial charge in [-0.15, -0.1) is 0 Å². The monoisotopic (exact) mass is 564 g/mol. The summed E-state index contributed by atoms with van der Waals surface area (Å²) in [5.41, 5.74) is 6.62. The van der Waals surface area contributed by atoms with Crippen molar-refractivity contribution in [3.8, 4) is 0 Å². The van der Waals surface area contributed by atoms with E-state index in [4.69, 9.17) is 0 Å². The molecule has 1 saturated carbocycles. The fourth-order valence-electron chi connectivity index (χ4n) is 8.79. The lowest BCUT2D eigenvalue weighted by Gasteiger charge is -2.48. The number of allylic oxidation sites excluding steroid dienone is 10. The first-order valence-electron chi connectivity index (χ1n) is 16.1. The van der Waals surface area contributed by atoms with Crippen molar-refractivity contribution in [3.05, 3.63) is 102 Å². The van der Waals surface area contributed by atoms with E-state index in [-0.39, 0.29) is 10.8 Å². The molecule has 1 aromatic carbocycles. The molecule has 3 heteroatoms. The number of hydrogen-bond donors (Lipinski definition) is 1. The molecule has 6 rings (SSSR count). The van der Waals surface area contributed by atoms with Gasteiger partial charge in [-0.1, -0.05) is 147 Å². The normalized spacial score (nSPS) is 34.5. The van der Waals surface area contributed by atoms with E-state index in [2.05, 4.69) is 156 Å². The first kappa shape index (κ1) is 28.9. The number of hydrogen-bond acceptors (Lipinski definition) is 2. The summed E-state index contributed by atoms with van der Waals surface area (Å²) in [5.74, 6) is 2.51. The van der Waals surface area contributed by atoms with Crippen LogP contribution < -0.4 is 5.32 Å². The second-order valence-corrected chi connectivity index (χ2v) is 20.3. The summed E-state index contributed by atoms with van der Waals surface area (Å²) in [6, 6.07) is 8.12. The van der Waals surface area contributed by atoms with Gasteiger partial charge in [0.1, 0.15) is 8.24 Å². The van der Waals surface area contributed by atoms with E-state index < -0.39 is 8.24 Å². The van der Waals surface area contributed by atoms with E-state index in [0.29, 0.717) is 47.5 Å². The Bertz CT molecular complexity index is 1290. The molecule has 0 amide bonds. The van der Waals surface area contributed by atoms with Crippen LogP contribution in [0, 0.1) is 23.7 Å². The van der Waals surface area contributed by atoms with Crippen molar-refractivity contribution in [2.24, 2.45) is 23.7 Å². The third-order valence-corrected chi connectivity index (χ3v) is 15.2. The molecule has 4 aliphatic carbocycles. The van der Waals surface area contributed by atoms with Crippen LogP contribution in [0.4, 0.5) is 0 Å². The van der Waals surface area contributed by atoms with Crippen LogP contribution >= 0.6 is 0 Å². The molecule has 1 saturated heterocycles. The van der Waals surface area contributed by atoms with Gasteiger partial charge in [0.15, 0.2) is 0 Å². The van der Waals surface area contributed by atoms with Crippen molar-refractivity contribution in [2.45, 2.75) is 103 Å². The molecule has 0 radical (unpaired) electrons. The van der Waals surface area contributed by atoms with E-state index in [0.717, 1.165) is 6.42 Å². The number of nitrogens with one attached hydrogen (secondary N) is 1. The summed E-state index contributed by atoms with van der Waals surface area (Å²) in [7, 11) is -1.94. The predicted octanol–water partition coefficient (Wildman–Crippen LogP) is 8.92. The molecule has 0 aromatic heterocycles. The summed E-state index contributed by atoms with van der Waals surface area (Å²) in [5, 5.41) is 4.21. The van der Waals surface area contributed by atoms with E-state index in [1.807, 2.05) is 0 Å². The van der Waals surface area contributed by atoms with Gasteiger partial charge in [0, 0.05) is 6.04 Å². The maximum atomic E-state index is 4.21. The lowest BCUT2D eigenvalue weighted by Crippen LogP contribution is -2.60. The van der Waals surface area contributed by atoms with Crippen LogP contribution in [-0.4, -0.2) is 31.1 Å². The number of fused-ring (bicyclic) bond motifs is 4. The van der Waals surface area contributed by atoms with Crippen LogP contribution in [0.5, 0.6) is 0 Å². The highest BCUT2D eigenvalue weighted by Crippen LogP contribution is 2.59. The third kappa shape index (κ3) is 4.86. The minimum atomic E-state index is -1.94. The quantitative estimate of drug-likeness (QED) is 0.367. The van der Waals surface area contributed by atoms with Gasteiger partial charge in [-0.3, -0.25) is 5.32 Å². The topological polar surface area (TPSA) is 15.3 Å². The molecule has 218 valence electrons. The fourth-order valence-corrected chi connectivity index (χ4v) is 13.7. The summed E-state index contributed by atoms with van der Waals surface area (Å²) in [4.78, 5) is 0. The van der Waals surface area contributed by atoms with Crippen LogP contribution in [0.3, 0.4) is 0 Å². The van der Waals surface area contributed by atoms with Crippen molar-refractivity contribution < 1.29 is 0 Å². The zero-order chi connectivity index (χ0) is 29.3. The molecule has 2 nitrogen and oxygen atoms in total. The first-order valence-corrected chi connectivity index (χ1v) is 19.1. The highest BCUT2D eigenvalue weighted by atomic mass is 28.3. The number of rotatable bonds is 4. The summed E-state index contributed by atoms with van der Waals surface area (Å²) in [6.07, 6.45) is 28.2. The van der Waals surface area contributed by atoms with Gasteiger partial charge >= 0.3 is 0 Å². The molecule has 1 N–H and O–H groups in total. The fraction of sp³-hybridized carbons (Fsp3) is 0.526. The van der Waals surface area contributed by atoms with Crippen LogP contribution in [0.1, 0.15) is 71.6 Å². The zero-order valence-electron chi connectivity index (χ0n) is 26.9. The highest BCUT2D eigenvalue weighted by molar-refractivity contribution is 6.76. The largest absolute Gasteiger partial charge is 0.301 e. The Morgan fingerprint density at radius 1 is 0.707 bits per heavy atom. The van der Waals surface area contributed by atoms with Gasteiger partial charge in [-0.05, 0) is 68.7 Å². The second-order valence-electron chi connectivity index (χ2n) is 15.8. The molecule has 41 heavy (non-hydrogen) atoms. The Balaban J connectivity index is 1.39. The molecule has 1 aromatic rings. The minimum absolute atomic E-state index is 0.107. The standard InChI is InChI=1S/C38H52N2Si/c1-10-34-39-35-28(25-22-26(37(2,3)4)24-27(23-25)38(5,6)7)20-15-21-33(35)40(34)41(8,9)36-31-18-13-11-16-29(31)30-17-12-14-19-32(30)36/h11-24,29-36,39H,10H2,1-9H3/t29?,30?,31?,32?,33-,34-,35?,36?/m1/s1.